The molecule has 0 fully saturated rings. The van der Waals surface area contributed by atoms with Crippen molar-refractivity contribution < 1.29 is 4.74 Å². The Balaban J connectivity index is 2.11. The molecule has 2 aromatic carbocycles. The summed E-state index contributed by atoms with van der Waals surface area (Å²) < 4.78 is 5.25. The molecular weight excluding hydrogens is 208 g/mol. The molecule has 0 saturated heterocycles. The van der Waals surface area contributed by atoms with Gasteiger partial charge < -0.3 is 4.74 Å². The summed E-state index contributed by atoms with van der Waals surface area (Å²) in [6, 6.07) is 18.0. The lowest BCUT2D eigenvalue weighted by Gasteiger charge is -2.00. The highest BCUT2D eigenvalue weighted by Crippen LogP contribution is 2.15. The third kappa shape index (κ3) is 3.12. The molecule has 2 aromatic rings. The Bertz CT molecular complexity index is 532. The molecule has 0 saturated carbocycles. The minimum absolute atomic E-state index is 0.763. The van der Waals surface area contributed by atoms with Crippen LogP contribution in [0.25, 0.3) is 0 Å². The van der Waals surface area contributed by atoms with Crippen LogP contribution in [0.3, 0.4) is 0 Å². The van der Waals surface area contributed by atoms with Gasteiger partial charge in [0.25, 0.3) is 0 Å². The second-order valence-corrected chi connectivity index (χ2v) is 3.66. The third-order valence-electron chi connectivity index (χ3n) is 2.47. The summed E-state index contributed by atoms with van der Waals surface area (Å²) in [5, 5.41) is 0. The molecule has 1 nitrogen and oxygen atoms in total. The van der Waals surface area contributed by atoms with Crippen molar-refractivity contribution >= 4 is 0 Å². The highest BCUT2D eigenvalue weighted by atomic mass is 16.5. The van der Waals surface area contributed by atoms with Crippen LogP contribution < -0.4 is 4.74 Å². The monoisotopic (exact) mass is 222 g/mol. The van der Waals surface area contributed by atoms with E-state index < -0.39 is 0 Å². The Labute approximate surface area is 102 Å². The van der Waals surface area contributed by atoms with Crippen LogP contribution in [-0.2, 0) is 6.42 Å². The van der Waals surface area contributed by atoms with E-state index in [4.69, 9.17) is 4.74 Å². The van der Waals surface area contributed by atoms with Crippen LogP contribution in [0.2, 0.25) is 0 Å². The summed E-state index contributed by atoms with van der Waals surface area (Å²) in [5.41, 5.74) is 2.17. The van der Waals surface area contributed by atoms with Gasteiger partial charge in [-0.2, -0.15) is 0 Å². The second-order valence-electron chi connectivity index (χ2n) is 3.66. The molecule has 0 aromatic heterocycles. The maximum Gasteiger partial charge on any atom is 0.134 e. The molecule has 0 amide bonds. The number of ether oxygens (including phenoxy) is 1. The van der Waals surface area contributed by atoms with Crippen LogP contribution >= 0.6 is 0 Å². The summed E-state index contributed by atoms with van der Waals surface area (Å²) in [5.74, 6) is 7.13. The Morgan fingerprint density at radius 3 is 2.41 bits per heavy atom. The van der Waals surface area contributed by atoms with Gasteiger partial charge in [0.15, 0.2) is 0 Å². The van der Waals surface area contributed by atoms with Crippen molar-refractivity contribution in [2.75, 3.05) is 7.11 Å². The van der Waals surface area contributed by atoms with Gasteiger partial charge in [-0.15, -0.1) is 0 Å². The molecule has 0 bridgehead atoms. The summed E-state index contributed by atoms with van der Waals surface area (Å²) in [4.78, 5) is 0. The number of hydrogen-bond acceptors (Lipinski definition) is 1. The maximum absolute atomic E-state index is 5.25. The van der Waals surface area contributed by atoms with Gasteiger partial charge >= 0.3 is 0 Å². The highest BCUT2D eigenvalue weighted by molar-refractivity contribution is 5.46. The summed E-state index contributed by atoms with van der Waals surface area (Å²) in [7, 11) is 1.66. The first kappa shape index (κ1) is 11.3. The molecule has 0 aliphatic carbocycles. The van der Waals surface area contributed by atoms with Gasteiger partial charge in [0, 0.05) is 6.42 Å². The number of hydrogen-bond donors (Lipinski definition) is 0. The van der Waals surface area contributed by atoms with Crippen molar-refractivity contribution in [1.82, 2.24) is 0 Å². The lowest BCUT2D eigenvalue weighted by atomic mass is 10.1. The molecule has 0 aliphatic heterocycles. The molecule has 0 radical (unpaired) electrons. The normalized spacial score (nSPS) is 9.24. The van der Waals surface area contributed by atoms with Crippen LogP contribution in [-0.4, -0.2) is 7.11 Å². The first-order chi connectivity index (χ1) is 8.40. The molecule has 17 heavy (non-hydrogen) atoms. The van der Waals surface area contributed by atoms with Crippen LogP contribution in [0.5, 0.6) is 5.75 Å². The molecule has 0 unspecified atom stereocenters. The molecular formula is C16H14O. The number of benzene rings is 2. The minimum Gasteiger partial charge on any atom is -0.495 e. The summed E-state index contributed by atoms with van der Waals surface area (Å²) in [6.45, 7) is 0. The van der Waals surface area contributed by atoms with Crippen LogP contribution in [0.4, 0.5) is 0 Å². The average Bonchev–Trinajstić information content (AvgIpc) is 2.40. The van der Waals surface area contributed by atoms with Crippen molar-refractivity contribution in [3.05, 3.63) is 65.7 Å². The lowest BCUT2D eigenvalue weighted by Crippen LogP contribution is -1.87. The van der Waals surface area contributed by atoms with Gasteiger partial charge in [-0.3, -0.25) is 0 Å². The van der Waals surface area contributed by atoms with E-state index in [1.54, 1.807) is 7.11 Å². The van der Waals surface area contributed by atoms with Crippen molar-refractivity contribution in [3.8, 4) is 17.6 Å². The van der Waals surface area contributed by atoms with Gasteiger partial charge in [-0.1, -0.05) is 54.3 Å². The molecule has 2 rings (SSSR count). The first-order valence-corrected chi connectivity index (χ1v) is 5.56. The number of rotatable bonds is 2. The van der Waals surface area contributed by atoms with Gasteiger partial charge in [0.1, 0.15) is 5.75 Å². The molecule has 0 N–H and O–H groups in total. The van der Waals surface area contributed by atoms with Crippen LogP contribution in [0.1, 0.15) is 11.1 Å². The van der Waals surface area contributed by atoms with E-state index in [-0.39, 0.29) is 0 Å². The molecule has 0 spiro atoms. The fourth-order valence-corrected chi connectivity index (χ4v) is 1.59. The zero-order chi connectivity index (χ0) is 11.9. The van der Waals surface area contributed by atoms with Gasteiger partial charge in [-0.05, 0) is 17.7 Å². The minimum atomic E-state index is 0.763. The topological polar surface area (TPSA) is 9.23 Å². The largest absolute Gasteiger partial charge is 0.495 e. The van der Waals surface area contributed by atoms with E-state index in [1.165, 1.54) is 5.56 Å². The maximum atomic E-state index is 5.25. The molecule has 0 heterocycles. The van der Waals surface area contributed by atoms with Gasteiger partial charge in [0.2, 0.25) is 0 Å². The standard InChI is InChI=1S/C16H14O/c1-17-16-13-6-5-11-15(16)12-7-10-14-8-3-2-4-9-14/h2-6,8-9,11,13H,10H2,1H3. The van der Waals surface area contributed by atoms with Gasteiger partial charge in [0.05, 0.1) is 12.7 Å². The van der Waals surface area contributed by atoms with E-state index in [0.717, 1.165) is 17.7 Å². The molecule has 0 atom stereocenters. The zero-order valence-corrected chi connectivity index (χ0v) is 9.81. The predicted octanol–water partition coefficient (Wildman–Crippen LogP) is 3.29. The highest BCUT2D eigenvalue weighted by Gasteiger charge is 1.95. The van der Waals surface area contributed by atoms with E-state index in [9.17, 15) is 0 Å². The smallest absolute Gasteiger partial charge is 0.134 e. The average molecular weight is 222 g/mol. The van der Waals surface area contributed by atoms with Crippen LogP contribution in [0, 0.1) is 11.8 Å². The first-order valence-electron chi connectivity index (χ1n) is 5.56. The second kappa shape index (κ2) is 5.77. The van der Waals surface area contributed by atoms with Crippen LogP contribution in [0.15, 0.2) is 54.6 Å². The zero-order valence-electron chi connectivity index (χ0n) is 9.81. The Morgan fingerprint density at radius 1 is 0.941 bits per heavy atom. The Hall–Kier alpha value is -2.20. The SMILES string of the molecule is COc1ccccc1C#CCc1ccccc1. The Kier molecular flexibility index (Phi) is 3.83. The molecule has 0 aliphatic rings. The van der Waals surface area contributed by atoms with Crippen molar-refractivity contribution in [1.29, 1.82) is 0 Å². The summed E-state index contributed by atoms with van der Waals surface area (Å²) >= 11 is 0. The number of para-hydroxylation sites is 1. The van der Waals surface area contributed by atoms with Crippen molar-refractivity contribution in [3.63, 3.8) is 0 Å². The van der Waals surface area contributed by atoms with Crippen molar-refractivity contribution in [2.24, 2.45) is 0 Å². The van der Waals surface area contributed by atoms with E-state index in [1.807, 2.05) is 42.5 Å². The fraction of sp³-hybridized carbons (Fsp3) is 0.125. The molecule has 1 heteroatoms. The lowest BCUT2D eigenvalue weighted by molar-refractivity contribution is 0.413. The number of methoxy groups -OCH3 is 1. The van der Waals surface area contributed by atoms with E-state index in [2.05, 4.69) is 24.0 Å². The van der Waals surface area contributed by atoms with E-state index >= 15 is 0 Å². The van der Waals surface area contributed by atoms with E-state index in [0.29, 0.717) is 0 Å². The third-order valence-corrected chi connectivity index (χ3v) is 2.47. The van der Waals surface area contributed by atoms with Gasteiger partial charge in [-0.25, -0.2) is 0 Å². The fourth-order valence-electron chi connectivity index (χ4n) is 1.59. The quantitative estimate of drug-likeness (QED) is 0.708. The summed E-state index contributed by atoms with van der Waals surface area (Å²) in [6.07, 6.45) is 0.763. The molecule has 84 valence electrons. The Morgan fingerprint density at radius 2 is 1.65 bits per heavy atom. The predicted molar refractivity (Wildman–Crippen MR) is 70.0 cm³/mol. The van der Waals surface area contributed by atoms with Crippen molar-refractivity contribution in [2.45, 2.75) is 6.42 Å².